The van der Waals surface area contributed by atoms with E-state index in [-0.39, 0.29) is 12.5 Å². The monoisotopic (exact) mass is 293 g/mol. The summed E-state index contributed by atoms with van der Waals surface area (Å²) < 4.78 is 6.46. The standard InChI is InChI=1S/C13H15N3O3S/c1-15(6-10-3-4-20-9-10)12(17)8-19-13(18)11-5-14-16(2)7-11/h3-5,7,9H,6,8H2,1-2H3. The Morgan fingerprint density at radius 2 is 2.30 bits per heavy atom. The van der Waals surface area contributed by atoms with Gasteiger partial charge >= 0.3 is 5.97 Å². The zero-order valence-corrected chi connectivity index (χ0v) is 12.1. The molecule has 0 saturated heterocycles. The van der Waals surface area contributed by atoms with Crippen molar-refractivity contribution in [2.45, 2.75) is 6.54 Å². The van der Waals surface area contributed by atoms with E-state index in [0.29, 0.717) is 12.1 Å². The third kappa shape index (κ3) is 3.67. The molecule has 7 heteroatoms. The zero-order chi connectivity index (χ0) is 14.5. The van der Waals surface area contributed by atoms with E-state index >= 15 is 0 Å². The van der Waals surface area contributed by atoms with Crippen LogP contribution in [-0.4, -0.2) is 40.2 Å². The van der Waals surface area contributed by atoms with Crippen molar-refractivity contribution < 1.29 is 14.3 Å². The second kappa shape index (κ2) is 6.33. The summed E-state index contributed by atoms with van der Waals surface area (Å²) in [5, 5.41) is 7.80. The highest BCUT2D eigenvalue weighted by Gasteiger charge is 2.14. The van der Waals surface area contributed by atoms with Crippen LogP contribution in [0.2, 0.25) is 0 Å². The van der Waals surface area contributed by atoms with Crippen LogP contribution in [0, 0.1) is 0 Å². The summed E-state index contributed by atoms with van der Waals surface area (Å²) in [7, 11) is 3.38. The lowest BCUT2D eigenvalue weighted by atomic mass is 10.3. The van der Waals surface area contributed by atoms with Gasteiger partial charge in [-0.1, -0.05) is 0 Å². The first kappa shape index (κ1) is 14.3. The number of hydrogen-bond donors (Lipinski definition) is 0. The molecule has 106 valence electrons. The van der Waals surface area contributed by atoms with Crippen molar-refractivity contribution in [1.82, 2.24) is 14.7 Å². The lowest BCUT2D eigenvalue weighted by Crippen LogP contribution is -2.30. The molecular formula is C13H15N3O3S. The number of rotatable bonds is 5. The number of esters is 1. The van der Waals surface area contributed by atoms with Gasteiger partial charge in [0, 0.05) is 26.8 Å². The van der Waals surface area contributed by atoms with Crippen molar-refractivity contribution in [2.75, 3.05) is 13.7 Å². The number of carbonyl (C=O) groups excluding carboxylic acids is 2. The van der Waals surface area contributed by atoms with Gasteiger partial charge in [0.15, 0.2) is 6.61 Å². The quantitative estimate of drug-likeness (QED) is 0.779. The highest BCUT2D eigenvalue weighted by Crippen LogP contribution is 2.08. The Bertz CT molecular complexity index is 592. The molecule has 20 heavy (non-hydrogen) atoms. The van der Waals surface area contributed by atoms with Gasteiger partial charge in [0.05, 0.1) is 11.8 Å². The van der Waals surface area contributed by atoms with E-state index in [1.54, 1.807) is 31.6 Å². The van der Waals surface area contributed by atoms with Crippen molar-refractivity contribution >= 4 is 23.2 Å². The number of hydrogen-bond acceptors (Lipinski definition) is 5. The van der Waals surface area contributed by atoms with Gasteiger partial charge in [-0.3, -0.25) is 9.48 Å². The first-order chi connectivity index (χ1) is 9.56. The van der Waals surface area contributed by atoms with Crippen LogP contribution in [0.3, 0.4) is 0 Å². The number of ether oxygens (including phenoxy) is 1. The maximum absolute atomic E-state index is 11.8. The Balaban J connectivity index is 1.81. The van der Waals surface area contributed by atoms with Crippen molar-refractivity contribution in [3.63, 3.8) is 0 Å². The Morgan fingerprint density at radius 1 is 1.50 bits per heavy atom. The fourth-order valence-electron chi connectivity index (χ4n) is 1.59. The first-order valence-corrected chi connectivity index (χ1v) is 6.91. The van der Waals surface area contributed by atoms with Crippen LogP contribution in [0.4, 0.5) is 0 Å². The number of aromatic nitrogens is 2. The number of nitrogens with zero attached hydrogens (tertiary/aromatic N) is 3. The summed E-state index contributed by atoms with van der Waals surface area (Å²) >= 11 is 1.58. The number of thiophene rings is 1. The van der Waals surface area contributed by atoms with Gasteiger partial charge in [-0.05, 0) is 22.4 Å². The third-order valence-electron chi connectivity index (χ3n) is 2.69. The largest absolute Gasteiger partial charge is 0.452 e. The molecule has 0 radical (unpaired) electrons. The number of carbonyl (C=O) groups is 2. The summed E-state index contributed by atoms with van der Waals surface area (Å²) in [6.07, 6.45) is 2.95. The predicted molar refractivity (Wildman–Crippen MR) is 74.3 cm³/mol. The molecule has 0 N–H and O–H groups in total. The topological polar surface area (TPSA) is 64.4 Å². The van der Waals surface area contributed by atoms with E-state index in [2.05, 4.69) is 5.10 Å². The molecule has 2 aromatic heterocycles. The van der Waals surface area contributed by atoms with Crippen LogP contribution in [0.15, 0.2) is 29.2 Å². The van der Waals surface area contributed by atoms with Crippen LogP contribution in [0.1, 0.15) is 15.9 Å². The summed E-state index contributed by atoms with van der Waals surface area (Å²) in [6, 6.07) is 1.95. The highest BCUT2D eigenvalue weighted by atomic mass is 32.1. The molecule has 2 rings (SSSR count). The Kier molecular flexibility index (Phi) is 4.52. The predicted octanol–water partition coefficient (Wildman–Crippen LogP) is 1.30. The first-order valence-electron chi connectivity index (χ1n) is 5.97. The smallest absolute Gasteiger partial charge is 0.341 e. The summed E-state index contributed by atoms with van der Waals surface area (Å²) in [4.78, 5) is 25.0. The zero-order valence-electron chi connectivity index (χ0n) is 11.3. The molecule has 0 aliphatic heterocycles. The number of aryl methyl sites for hydroxylation is 1. The summed E-state index contributed by atoms with van der Waals surface area (Å²) in [6.45, 7) is 0.237. The Morgan fingerprint density at radius 3 is 2.90 bits per heavy atom. The molecule has 0 fully saturated rings. The van der Waals surface area contributed by atoms with Gasteiger partial charge < -0.3 is 9.64 Å². The lowest BCUT2D eigenvalue weighted by molar-refractivity contribution is -0.133. The van der Waals surface area contributed by atoms with Crippen LogP contribution in [0.5, 0.6) is 0 Å². The maximum atomic E-state index is 11.8. The average Bonchev–Trinajstić information content (AvgIpc) is 3.07. The van der Waals surface area contributed by atoms with Crippen molar-refractivity contribution in [3.8, 4) is 0 Å². The van der Waals surface area contributed by atoms with Gasteiger partial charge in [-0.15, -0.1) is 0 Å². The van der Waals surface area contributed by atoms with Crippen LogP contribution in [0.25, 0.3) is 0 Å². The molecule has 1 amide bonds. The molecule has 0 atom stereocenters. The Hall–Kier alpha value is -2.15. The van der Waals surface area contributed by atoms with Crippen LogP contribution < -0.4 is 0 Å². The fourth-order valence-corrected chi connectivity index (χ4v) is 2.25. The van der Waals surface area contributed by atoms with E-state index < -0.39 is 5.97 Å². The third-order valence-corrected chi connectivity index (χ3v) is 3.42. The van der Waals surface area contributed by atoms with E-state index in [9.17, 15) is 9.59 Å². The van der Waals surface area contributed by atoms with Gasteiger partial charge in [-0.2, -0.15) is 16.4 Å². The molecular weight excluding hydrogens is 278 g/mol. The van der Waals surface area contributed by atoms with Gasteiger partial charge in [0.25, 0.3) is 5.91 Å². The minimum atomic E-state index is -0.546. The second-order valence-electron chi connectivity index (χ2n) is 4.36. The normalized spacial score (nSPS) is 10.3. The fraction of sp³-hybridized carbons (Fsp3) is 0.308. The highest BCUT2D eigenvalue weighted by molar-refractivity contribution is 7.07. The Labute approximate surface area is 120 Å². The van der Waals surface area contributed by atoms with E-state index in [0.717, 1.165) is 5.56 Å². The summed E-state index contributed by atoms with van der Waals surface area (Å²) in [5.74, 6) is -0.788. The minimum Gasteiger partial charge on any atom is -0.452 e. The van der Waals surface area contributed by atoms with Crippen molar-refractivity contribution in [3.05, 3.63) is 40.3 Å². The van der Waals surface area contributed by atoms with Gasteiger partial charge in [0.1, 0.15) is 0 Å². The molecule has 0 aliphatic carbocycles. The average molecular weight is 293 g/mol. The summed E-state index contributed by atoms with van der Waals surface area (Å²) in [5.41, 5.74) is 1.39. The molecule has 0 unspecified atom stereocenters. The lowest BCUT2D eigenvalue weighted by Gasteiger charge is -2.16. The van der Waals surface area contributed by atoms with Crippen molar-refractivity contribution in [2.24, 2.45) is 7.05 Å². The number of likely N-dealkylation sites (N-methyl/N-ethyl adjacent to an activating group) is 1. The molecule has 0 saturated carbocycles. The van der Waals surface area contributed by atoms with E-state index in [4.69, 9.17) is 4.74 Å². The van der Waals surface area contributed by atoms with Gasteiger partial charge in [-0.25, -0.2) is 4.79 Å². The molecule has 0 aliphatic rings. The molecule has 2 heterocycles. The van der Waals surface area contributed by atoms with Crippen LogP contribution in [-0.2, 0) is 23.1 Å². The van der Waals surface area contributed by atoms with E-state index in [1.165, 1.54) is 15.8 Å². The second-order valence-corrected chi connectivity index (χ2v) is 5.14. The van der Waals surface area contributed by atoms with E-state index in [1.807, 2.05) is 16.8 Å². The molecule has 6 nitrogen and oxygen atoms in total. The maximum Gasteiger partial charge on any atom is 0.341 e. The molecule has 0 bridgehead atoms. The van der Waals surface area contributed by atoms with Crippen molar-refractivity contribution in [1.29, 1.82) is 0 Å². The molecule has 0 spiro atoms. The number of amides is 1. The van der Waals surface area contributed by atoms with Crippen LogP contribution >= 0.6 is 11.3 Å². The minimum absolute atomic E-state index is 0.242. The molecule has 0 aromatic carbocycles. The molecule has 2 aromatic rings. The SMILES string of the molecule is CN(Cc1ccsc1)C(=O)COC(=O)c1cnn(C)c1. The van der Waals surface area contributed by atoms with Gasteiger partial charge in [0.2, 0.25) is 0 Å².